The molecule has 0 radical (unpaired) electrons. The Hall–Kier alpha value is -2.77. The molecule has 2 amide bonds. The van der Waals surface area contributed by atoms with Crippen LogP contribution in [0.15, 0.2) is 18.2 Å². The average molecular weight is 392 g/mol. The van der Waals surface area contributed by atoms with Crippen LogP contribution in [0.5, 0.6) is 11.5 Å². The van der Waals surface area contributed by atoms with E-state index in [-0.39, 0.29) is 18.4 Å². The summed E-state index contributed by atoms with van der Waals surface area (Å²) in [6, 6.07) is 4.32. The van der Waals surface area contributed by atoms with Gasteiger partial charge in [-0.25, -0.2) is 0 Å². The predicted molar refractivity (Wildman–Crippen MR) is 102 cm³/mol. The first-order chi connectivity index (χ1) is 13.3. The van der Waals surface area contributed by atoms with E-state index in [1.165, 1.54) is 19.1 Å². The molecule has 0 saturated heterocycles. The first-order valence-corrected chi connectivity index (χ1v) is 9.37. The van der Waals surface area contributed by atoms with Crippen LogP contribution in [0.2, 0.25) is 0 Å². The van der Waals surface area contributed by atoms with E-state index in [0.29, 0.717) is 17.1 Å². The van der Waals surface area contributed by atoms with Crippen molar-refractivity contribution < 1.29 is 29.0 Å². The van der Waals surface area contributed by atoms with Crippen LogP contribution < -0.4 is 14.8 Å². The van der Waals surface area contributed by atoms with Crippen LogP contribution in [0, 0.1) is 5.92 Å². The van der Waals surface area contributed by atoms with Crippen molar-refractivity contribution in [3.05, 3.63) is 23.8 Å². The number of aliphatic carboxylic acids is 1. The van der Waals surface area contributed by atoms with Crippen molar-refractivity contribution in [1.29, 1.82) is 0 Å². The summed E-state index contributed by atoms with van der Waals surface area (Å²) >= 11 is 0. The van der Waals surface area contributed by atoms with E-state index >= 15 is 0 Å². The van der Waals surface area contributed by atoms with E-state index in [2.05, 4.69) is 5.32 Å². The van der Waals surface area contributed by atoms with Crippen molar-refractivity contribution in [2.24, 2.45) is 5.92 Å². The fourth-order valence-corrected chi connectivity index (χ4v) is 3.41. The highest BCUT2D eigenvalue weighted by Gasteiger charge is 2.28. The molecule has 2 rings (SSSR count). The molecule has 1 aliphatic carbocycles. The maximum atomic E-state index is 12.8. The SMILES string of the molecule is COc1cc(CN(CC(=O)O)C(=O)C(C)NC(=O)C2CCCC2)cc(OC)c1. The summed E-state index contributed by atoms with van der Waals surface area (Å²) in [7, 11) is 3.03. The molecule has 1 aliphatic rings. The molecule has 0 aliphatic heterocycles. The molecule has 0 spiro atoms. The average Bonchev–Trinajstić information content (AvgIpc) is 3.21. The van der Waals surface area contributed by atoms with Gasteiger partial charge < -0.3 is 24.8 Å². The molecule has 154 valence electrons. The third kappa shape index (κ3) is 5.87. The van der Waals surface area contributed by atoms with E-state index in [9.17, 15) is 19.5 Å². The summed E-state index contributed by atoms with van der Waals surface area (Å²) in [6.45, 7) is 1.17. The first-order valence-electron chi connectivity index (χ1n) is 9.37. The molecule has 1 saturated carbocycles. The number of carbonyl (C=O) groups is 3. The molecule has 28 heavy (non-hydrogen) atoms. The molecule has 1 atom stereocenters. The van der Waals surface area contributed by atoms with Gasteiger partial charge in [0.1, 0.15) is 24.1 Å². The van der Waals surface area contributed by atoms with Gasteiger partial charge in [-0.05, 0) is 37.5 Å². The van der Waals surface area contributed by atoms with E-state index in [4.69, 9.17) is 9.47 Å². The lowest BCUT2D eigenvalue weighted by atomic mass is 10.1. The zero-order valence-electron chi connectivity index (χ0n) is 16.6. The summed E-state index contributed by atoms with van der Waals surface area (Å²) in [5.41, 5.74) is 0.667. The first kappa shape index (κ1) is 21.5. The Morgan fingerprint density at radius 3 is 2.21 bits per heavy atom. The van der Waals surface area contributed by atoms with Gasteiger partial charge in [0.25, 0.3) is 0 Å². The molecule has 8 heteroatoms. The summed E-state index contributed by atoms with van der Waals surface area (Å²) in [5, 5.41) is 12.0. The molecule has 8 nitrogen and oxygen atoms in total. The lowest BCUT2D eigenvalue weighted by Crippen LogP contribution is -2.49. The van der Waals surface area contributed by atoms with Gasteiger partial charge in [0.2, 0.25) is 11.8 Å². The number of carboxylic acids is 1. The monoisotopic (exact) mass is 392 g/mol. The molecular weight excluding hydrogens is 364 g/mol. The van der Waals surface area contributed by atoms with Gasteiger partial charge in [0.15, 0.2) is 0 Å². The molecule has 2 N–H and O–H groups in total. The van der Waals surface area contributed by atoms with Crippen molar-refractivity contribution in [2.45, 2.75) is 45.2 Å². The second kappa shape index (κ2) is 9.96. The van der Waals surface area contributed by atoms with Crippen LogP contribution in [0.3, 0.4) is 0 Å². The zero-order valence-corrected chi connectivity index (χ0v) is 16.6. The highest BCUT2D eigenvalue weighted by Crippen LogP contribution is 2.25. The third-order valence-corrected chi connectivity index (χ3v) is 4.88. The lowest BCUT2D eigenvalue weighted by molar-refractivity contribution is -0.146. The van der Waals surface area contributed by atoms with Gasteiger partial charge in [-0.3, -0.25) is 14.4 Å². The highest BCUT2D eigenvalue weighted by molar-refractivity contribution is 5.89. The normalized spacial score (nSPS) is 15.0. The van der Waals surface area contributed by atoms with Crippen LogP contribution in [-0.2, 0) is 20.9 Å². The van der Waals surface area contributed by atoms with E-state index < -0.39 is 24.5 Å². The number of hydrogen-bond acceptors (Lipinski definition) is 5. The number of ether oxygens (including phenoxy) is 2. The minimum atomic E-state index is -1.13. The van der Waals surface area contributed by atoms with Crippen LogP contribution in [0.1, 0.15) is 38.2 Å². The number of methoxy groups -OCH3 is 2. The molecule has 1 fully saturated rings. The van der Waals surface area contributed by atoms with Crippen LogP contribution in [-0.4, -0.2) is 54.6 Å². The molecule has 0 aromatic heterocycles. The number of amides is 2. The Morgan fingerprint density at radius 2 is 1.71 bits per heavy atom. The van der Waals surface area contributed by atoms with Gasteiger partial charge in [0, 0.05) is 18.5 Å². The van der Waals surface area contributed by atoms with E-state index in [1.807, 2.05) is 0 Å². The van der Waals surface area contributed by atoms with Gasteiger partial charge in [0.05, 0.1) is 14.2 Å². The molecule has 0 bridgehead atoms. The maximum Gasteiger partial charge on any atom is 0.323 e. The third-order valence-electron chi connectivity index (χ3n) is 4.88. The van der Waals surface area contributed by atoms with Gasteiger partial charge >= 0.3 is 5.97 Å². The summed E-state index contributed by atoms with van der Waals surface area (Å²) in [5.74, 6) is -0.699. The Morgan fingerprint density at radius 1 is 1.14 bits per heavy atom. The fourth-order valence-electron chi connectivity index (χ4n) is 3.41. The zero-order chi connectivity index (χ0) is 20.7. The standard InChI is InChI=1S/C20H28N2O6/c1-13(21-19(25)15-6-4-5-7-15)20(26)22(12-18(23)24)11-14-8-16(27-2)10-17(9-14)28-3/h8-10,13,15H,4-7,11-12H2,1-3H3,(H,21,25)(H,23,24). The molecule has 1 aromatic carbocycles. The number of nitrogens with one attached hydrogen (secondary N) is 1. The van der Waals surface area contributed by atoms with Gasteiger partial charge in [-0.15, -0.1) is 0 Å². The number of hydrogen-bond donors (Lipinski definition) is 2. The quantitative estimate of drug-likeness (QED) is 0.664. The largest absolute Gasteiger partial charge is 0.497 e. The minimum Gasteiger partial charge on any atom is -0.497 e. The number of carbonyl (C=O) groups excluding carboxylic acids is 2. The predicted octanol–water partition coefficient (Wildman–Crippen LogP) is 1.81. The summed E-state index contributed by atoms with van der Waals surface area (Å²) < 4.78 is 10.4. The Balaban J connectivity index is 2.12. The smallest absolute Gasteiger partial charge is 0.323 e. The van der Waals surface area contributed by atoms with Crippen LogP contribution in [0.4, 0.5) is 0 Å². The molecule has 1 unspecified atom stereocenters. The van der Waals surface area contributed by atoms with Crippen molar-refractivity contribution in [1.82, 2.24) is 10.2 Å². The summed E-state index contributed by atoms with van der Waals surface area (Å²) in [4.78, 5) is 37.6. The number of rotatable bonds is 9. The number of carboxylic acid groups (broad SMARTS) is 1. The van der Waals surface area contributed by atoms with Crippen molar-refractivity contribution in [3.63, 3.8) is 0 Å². The van der Waals surface area contributed by atoms with E-state index in [1.54, 1.807) is 25.1 Å². The second-order valence-electron chi connectivity index (χ2n) is 7.02. The van der Waals surface area contributed by atoms with Gasteiger partial charge in [-0.2, -0.15) is 0 Å². The highest BCUT2D eigenvalue weighted by atomic mass is 16.5. The lowest BCUT2D eigenvalue weighted by Gasteiger charge is -2.26. The molecular formula is C20H28N2O6. The number of nitrogens with zero attached hydrogens (tertiary/aromatic N) is 1. The Kier molecular flexibility index (Phi) is 7.66. The van der Waals surface area contributed by atoms with E-state index in [0.717, 1.165) is 25.7 Å². The second-order valence-corrected chi connectivity index (χ2v) is 7.02. The minimum absolute atomic E-state index is 0.0579. The van der Waals surface area contributed by atoms with Crippen LogP contribution >= 0.6 is 0 Å². The van der Waals surface area contributed by atoms with Crippen molar-refractivity contribution >= 4 is 17.8 Å². The molecule has 0 heterocycles. The summed E-state index contributed by atoms with van der Waals surface area (Å²) in [6.07, 6.45) is 3.69. The number of benzene rings is 1. The fraction of sp³-hybridized carbons (Fsp3) is 0.550. The van der Waals surface area contributed by atoms with Crippen molar-refractivity contribution in [3.8, 4) is 11.5 Å². The van der Waals surface area contributed by atoms with Crippen LogP contribution in [0.25, 0.3) is 0 Å². The Labute approximate surface area is 164 Å². The topological polar surface area (TPSA) is 105 Å². The maximum absolute atomic E-state index is 12.8. The Bertz CT molecular complexity index is 692. The molecule has 1 aromatic rings. The van der Waals surface area contributed by atoms with Crippen molar-refractivity contribution in [2.75, 3.05) is 20.8 Å². The van der Waals surface area contributed by atoms with Gasteiger partial charge in [-0.1, -0.05) is 12.8 Å².